The van der Waals surface area contributed by atoms with Gasteiger partial charge in [0.1, 0.15) is 0 Å². The number of rotatable bonds is 3. The first-order chi connectivity index (χ1) is 10.5. The predicted octanol–water partition coefficient (Wildman–Crippen LogP) is 5.22. The second-order valence-electron chi connectivity index (χ2n) is 7.07. The van der Waals surface area contributed by atoms with Crippen molar-refractivity contribution in [2.24, 2.45) is 17.3 Å². The number of halogens is 4. The summed E-state index contributed by atoms with van der Waals surface area (Å²) in [5.74, 6) is -1.84. The lowest BCUT2D eigenvalue weighted by Crippen LogP contribution is -2.38. The molecule has 1 fully saturated rings. The monoisotopic (exact) mass is 334 g/mol. The molecule has 0 saturated heterocycles. The van der Waals surface area contributed by atoms with Crippen LogP contribution in [0.4, 0.5) is 17.6 Å². The standard InChI is InChI=1S/C17H22F4O2/c1-10-5-4-8-16(2,3)14(10)15(22)11-6-7-13(12(18)9-11)23-17(19,20)21/h6-7,9-10,14-15,22H,4-5,8H2,1-3H3/t10-,14-,15?/m0/s1. The van der Waals surface area contributed by atoms with Crippen LogP contribution in [0.5, 0.6) is 5.75 Å². The zero-order valence-electron chi connectivity index (χ0n) is 13.5. The van der Waals surface area contributed by atoms with Crippen molar-refractivity contribution in [1.82, 2.24) is 0 Å². The molecule has 23 heavy (non-hydrogen) atoms. The molecule has 0 heterocycles. The van der Waals surface area contributed by atoms with Crippen molar-refractivity contribution in [2.45, 2.75) is 52.5 Å². The summed E-state index contributed by atoms with van der Waals surface area (Å²) in [6, 6.07) is 3.15. The molecule has 1 saturated carbocycles. The van der Waals surface area contributed by atoms with Crippen LogP contribution in [0, 0.1) is 23.1 Å². The Morgan fingerprint density at radius 1 is 1.30 bits per heavy atom. The van der Waals surface area contributed by atoms with Crippen molar-refractivity contribution >= 4 is 0 Å². The second-order valence-corrected chi connectivity index (χ2v) is 7.07. The molecule has 1 aromatic carbocycles. The van der Waals surface area contributed by atoms with E-state index in [-0.39, 0.29) is 22.8 Å². The van der Waals surface area contributed by atoms with E-state index in [4.69, 9.17) is 0 Å². The van der Waals surface area contributed by atoms with Gasteiger partial charge in [-0.2, -0.15) is 0 Å². The molecule has 1 aliphatic rings. The Morgan fingerprint density at radius 2 is 1.96 bits per heavy atom. The summed E-state index contributed by atoms with van der Waals surface area (Å²) >= 11 is 0. The van der Waals surface area contributed by atoms with Gasteiger partial charge in [0.15, 0.2) is 11.6 Å². The minimum Gasteiger partial charge on any atom is -0.403 e. The average Bonchev–Trinajstić information content (AvgIpc) is 2.38. The van der Waals surface area contributed by atoms with Gasteiger partial charge < -0.3 is 9.84 Å². The van der Waals surface area contributed by atoms with Crippen molar-refractivity contribution in [2.75, 3.05) is 0 Å². The van der Waals surface area contributed by atoms with Gasteiger partial charge in [0, 0.05) is 0 Å². The van der Waals surface area contributed by atoms with Gasteiger partial charge in [-0.15, -0.1) is 13.2 Å². The fraction of sp³-hybridized carbons (Fsp3) is 0.647. The Balaban J connectivity index is 2.25. The third-order valence-electron chi connectivity index (χ3n) is 4.86. The van der Waals surface area contributed by atoms with Crippen LogP contribution < -0.4 is 4.74 Å². The normalized spacial score (nSPS) is 25.9. The number of aliphatic hydroxyl groups is 1. The Morgan fingerprint density at radius 3 is 2.48 bits per heavy atom. The summed E-state index contributed by atoms with van der Waals surface area (Å²) in [6.07, 6.45) is -2.86. The van der Waals surface area contributed by atoms with E-state index in [0.717, 1.165) is 31.4 Å². The summed E-state index contributed by atoms with van der Waals surface area (Å²) in [5.41, 5.74) is 0.165. The molecular weight excluding hydrogens is 312 g/mol. The maximum Gasteiger partial charge on any atom is 0.573 e. The molecule has 1 unspecified atom stereocenters. The largest absolute Gasteiger partial charge is 0.573 e. The van der Waals surface area contributed by atoms with Gasteiger partial charge >= 0.3 is 6.36 Å². The summed E-state index contributed by atoms with van der Waals surface area (Å²) in [4.78, 5) is 0. The summed E-state index contributed by atoms with van der Waals surface area (Å²) in [7, 11) is 0. The maximum atomic E-state index is 13.9. The second kappa shape index (κ2) is 6.30. The molecular formula is C17H22F4O2. The Hall–Kier alpha value is -1.30. The fourth-order valence-electron chi connectivity index (χ4n) is 3.85. The van der Waals surface area contributed by atoms with Crippen molar-refractivity contribution in [3.8, 4) is 5.75 Å². The van der Waals surface area contributed by atoms with E-state index in [1.165, 1.54) is 6.07 Å². The molecule has 0 radical (unpaired) electrons. The average molecular weight is 334 g/mol. The molecule has 2 nitrogen and oxygen atoms in total. The molecule has 0 amide bonds. The van der Waals surface area contributed by atoms with Gasteiger partial charge in [0.2, 0.25) is 0 Å². The van der Waals surface area contributed by atoms with E-state index in [1.807, 2.05) is 6.92 Å². The van der Waals surface area contributed by atoms with Crippen LogP contribution in [0.25, 0.3) is 0 Å². The minimum absolute atomic E-state index is 0.0787. The zero-order chi connectivity index (χ0) is 17.4. The smallest absolute Gasteiger partial charge is 0.403 e. The lowest BCUT2D eigenvalue weighted by Gasteiger charge is -2.45. The number of ether oxygens (including phenoxy) is 1. The highest BCUT2D eigenvalue weighted by Gasteiger charge is 2.42. The number of benzene rings is 1. The Labute approximate surface area is 133 Å². The van der Waals surface area contributed by atoms with Gasteiger partial charge in [-0.3, -0.25) is 0 Å². The highest BCUT2D eigenvalue weighted by molar-refractivity contribution is 5.31. The Kier molecular flexibility index (Phi) is 4.95. The lowest BCUT2D eigenvalue weighted by molar-refractivity contribution is -0.275. The van der Waals surface area contributed by atoms with E-state index in [0.29, 0.717) is 0 Å². The maximum absolute atomic E-state index is 13.9. The molecule has 1 aromatic rings. The van der Waals surface area contributed by atoms with Crippen molar-refractivity contribution < 1.29 is 27.4 Å². The molecule has 0 spiro atoms. The van der Waals surface area contributed by atoms with Gasteiger partial charge in [-0.25, -0.2) is 4.39 Å². The number of hydrogen-bond donors (Lipinski definition) is 1. The van der Waals surface area contributed by atoms with E-state index < -0.39 is 24.0 Å². The minimum atomic E-state index is -4.94. The van der Waals surface area contributed by atoms with Gasteiger partial charge in [0.05, 0.1) is 6.10 Å². The SMILES string of the molecule is C[C@H]1CCCC(C)(C)[C@@H]1C(O)c1ccc(OC(F)(F)F)c(F)c1. The zero-order valence-corrected chi connectivity index (χ0v) is 13.5. The van der Waals surface area contributed by atoms with Crippen LogP contribution >= 0.6 is 0 Å². The first-order valence-corrected chi connectivity index (χ1v) is 7.74. The highest BCUT2D eigenvalue weighted by Crippen LogP contribution is 2.49. The van der Waals surface area contributed by atoms with E-state index >= 15 is 0 Å². The number of hydrogen-bond acceptors (Lipinski definition) is 2. The third-order valence-corrected chi connectivity index (χ3v) is 4.86. The molecule has 2 rings (SSSR count). The van der Waals surface area contributed by atoms with Crippen molar-refractivity contribution in [3.05, 3.63) is 29.6 Å². The summed E-state index contributed by atoms with van der Waals surface area (Å²) in [5, 5.41) is 10.7. The molecule has 130 valence electrons. The van der Waals surface area contributed by atoms with Crippen LogP contribution in [0.15, 0.2) is 18.2 Å². The van der Waals surface area contributed by atoms with Crippen LogP contribution in [0.1, 0.15) is 51.7 Å². The van der Waals surface area contributed by atoms with Crippen LogP contribution in [0.2, 0.25) is 0 Å². The fourth-order valence-corrected chi connectivity index (χ4v) is 3.85. The Bertz CT molecular complexity index is 554. The van der Waals surface area contributed by atoms with E-state index in [1.54, 1.807) is 0 Å². The first kappa shape index (κ1) is 18.0. The first-order valence-electron chi connectivity index (χ1n) is 7.74. The predicted molar refractivity (Wildman–Crippen MR) is 78.3 cm³/mol. The summed E-state index contributed by atoms with van der Waals surface area (Å²) < 4.78 is 54.0. The highest BCUT2D eigenvalue weighted by atomic mass is 19.4. The van der Waals surface area contributed by atoms with Crippen LogP contribution in [-0.2, 0) is 0 Å². The van der Waals surface area contributed by atoms with Gasteiger partial charge in [-0.05, 0) is 41.4 Å². The number of aliphatic hydroxyl groups excluding tert-OH is 1. The van der Waals surface area contributed by atoms with E-state index in [9.17, 15) is 22.7 Å². The molecule has 3 atom stereocenters. The lowest BCUT2D eigenvalue weighted by atomic mass is 9.61. The number of alkyl halides is 3. The summed E-state index contributed by atoms with van der Waals surface area (Å²) in [6.45, 7) is 6.17. The van der Waals surface area contributed by atoms with Crippen LogP contribution in [-0.4, -0.2) is 11.5 Å². The molecule has 1 aliphatic carbocycles. The molecule has 6 heteroatoms. The van der Waals surface area contributed by atoms with Crippen molar-refractivity contribution in [1.29, 1.82) is 0 Å². The van der Waals surface area contributed by atoms with Crippen molar-refractivity contribution in [3.63, 3.8) is 0 Å². The molecule has 1 N–H and O–H groups in total. The third kappa shape index (κ3) is 4.16. The molecule has 0 bridgehead atoms. The molecule has 0 aromatic heterocycles. The van der Waals surface area contributed by atoms with Gasteiger partial charge in [0.25, 0.3) is 0 Å². The van der Waals surface area contributed by atoms with Crippen LogP contribution in [0.3, 0.4) is 0 Å². The molecule has 0 aliphatic heterocycles. The topological polar surface area (TPSA) is 29.5 Å². The van der Waals surface area contributed by atoms with Gasteiger partial charge in [-0.1, -0.05) is 39.7 Å². The quantitative estimate of drug-likeness (QED) is 0.768. The van der Waals surface area contributed by atoms with E-state index in [2.05, 4.69) is 18.6 Å².